The van der Waals surface area contributed by atoms with Crippen LogP contribution in [0.15, 0.2) is 48.9 Å². The Morgan fingerprint density at radius 1 is 1.09 bits per heavy atom. The Hall–Kier alpha value is -3.99. The van der Waals surface area contributed by atoms with Gasteiger partial charge in [-0.3, -0.25) is 9.78 Å². The number of nitriles is 1. The summed E-state index contributed by atoms with van der Waals surface area (Å²) in [4.78, 5) is 29.7. The predicted molar refractivity (Wildman–Crippen MR) is 131 cm³/mol. The normalized spacial score (nSPS) is 16.0. The van der Waals surface area contributed by atoms with Crippen LogP contribution >= 0.6 is 0 Å². The lowest BCUT2D eigenvalue weighted by Crippen LogP contribution is -2.33. The fraction of sp³-hybridized carbons (Fsp3) is 0.346. The Bertz CT molecular complexity index is 1250. The molecule has 1 saturated carbocycles. The van der Waals surface area contributed by atoms with E-state index in [-0.39, 0.29) is 5.91 Å². The first-order valence-electron chi connectivity index (χ1n) is 11.7. The maximum atomic E-state index is 11.8. The van der Waals surface area contributed by atoms with Crippen molar-refractivity contribution >= 4 is 23.2 Å². The molecule has 1 saturated heterocycles. The number of rotatable bonds is 5. The van der Waals surface area contributed by atoms with Crippen molar-refractivity contribution in [2.45, 2.75) is 32.1 Å². The molecule has 8 nitrogen and oxygen atoms in total. The number of carbonyl (C=O) groups excluding carboxylic acids is 1. The Morgan fingerprint density at radius 3 is 2.76 bits per heavy atom. The van der Waals surface area contributed by atoms with E-state index in [0.29, 0.717) is 23.1 Å². The summed E-state index contributed by atoms with van der Waals surface area (Å²) >= 11 is 0. The molecule has 5 rings (SSSR count). The molecule has 3 aromatic rings. The number of pyridine rings is 3. The van der Waals surface area contributed by atoms with E-state index in [2.05, 4.69) is 44.5 Å². The van der Waals surface area contributed by atoms with E-state index in [4.69, 9.17) is 4.98 Å². The second-order valence-corrected chi connectivity index (χ2v) is 8.89. The van der Waals surface area contributed by atoms with Gasteiger partial charge in [-0.25, -0.2) is 9.97 Å². The maximum Gasteiger partial charge on any atom is 0.219 e. The summed E-state index contributed by atoms with van der Waals surface area (Å²) in [6.07, 6.45) is 8.65. The molecule has 0 bridgehead atoms. The van der Waals surface area contributed by atoms with E-state index in [1.54, 1.807) is 25.3 Å². The Labute approximate surface area is 199 Å². The zero-order valence-electron chi connectivity index (χ0n) is 19.2. The fourth-order valence-electron chi connectivity index (χ4n) is 4.35. The quantitative estimate of drug-likeness (QED) is 0.621. The average Bonchev–Trinajstić information content (AvgIpc) is 3.71. The van der Waals surface area contributed by atoms with Crippen molar-refractivity contribution in [1.29, 1.82) is 5.26 Å². The van der Waals surface area contributed by atoms with Crippen molar-refractivity contribution in [3.05, 3.63) is 60.0 Å². The van der Waals surface area contributed by atoms with Crippen LogP contribution < -0.4 is 10.2 Å². The topological polar surface area (TPSA) is 98.0 Å². The van der Waals surface area contributed by atoms with Crippen LogP contribution in [0.5, 0.6) is 0 Å². The van der Waals surface area contributed by atoms with E-state index in [0.717, 1.165) is 49.5 Å². The van der Waals surface area contributed by atoms with Crippen molar-refractivity contribution < 1.29 is 4.79 Å². The second-order valence-electron chi connectivity index (χ2n) is 8.89. The van der Waals surface area contributed by atoms with Gasteiger partial charge in [0.05, 0.1) is 29.2 Å². The molecule has 172 valence electrons. The first kappa shape index (κ1) is 21.8. The van der Waals surface area contributed by atoms with Crippen molar-refractivity contribution in [3.8, 4) is 17.3 Å². The third-order valence-electron chi connectivity index (χ3n) is 6.37. The first-order chi connectivity index (χ1) is 16.6. The molecule has 1 N–H and O–H groups in total. The minimum absolute atomic E-state index is 0.129. The van der Waals surface area contributed by atoms with E-state index in [1.165, 1.54) is 18.4 Å². The summed E-state index contributed by atoms with van der Waals surface area (Å²) in [5.74, 6) is 1.99. The number of hydrogen-bond acceptors (Lipinski definition) is 7. The van der Waals surface area contributed by atoms with Gasteiger partial charge in [-0.2, -0.15) is 5.26 Å². The molecule has 2 aliphatic rings. The molecule has 0 atom stereocenters. The smallest absolute Gasteiger partial charge is 0.219 e. The lowest BCUT2D eigenvalue weighted by atomic mass is 10.1. The molecule has 3 aromatic heterocycles. The van der Waals surface area contributed by atoms with Crippen molar-refractivity contribution in [2.24, 2.45) is 0 Å². The van der Waals surface area contributed by atoms with Crippen LogP contribution in [-0.4, -0.2) is 51.9 Å². The van der Waals surface area contributed by atoms with Crippen molar-refractivity contribution in [1.82, 2.24) is 19.9 Å². The van der Waals surface area contributed by atoms with Crippen LogP contribution in [0.2, 0.25) is 0 Å². The Kier molecular flexibility index (Phi) is 6.09. The van der Waals surface area contributed by atoms with E-state index in [9.17, 15) is 10.1 Å². The highest BCUT2D eigenvalue weighted by Gasteiger charge is 2.25. The molecular weight excluding hydrogens is 426 g/mol. The van der Waals surface area contributed by atoms with Gasteiger partial charge in [0, 0.05) is 51.1 Å². The van der Waals surface area contributed by atoms with Crippen LogP contribution in [0.4, 0.5) is 17.3 Å². The van der Waals surface area contributed by atoms with Crippen LogP contribution in [-0.2, 0) is 4.79 Å². The van der Waals surface area contributed by atoms with Gasteiger partial charge >= 0.3 is 0 Å². The summed E-state index contributed by atoms with van der Waals surface area (Å²) in [5, 5.41) is 12.5. The molecule has 0 aromatic carbocycles. The standard InChI is InChI=1S/C26H27N7O/c1-18(34)32-7-2-8-33(10-9-32)23-12-22(16-28-17-23)24-13-21(20-3-4-20)14-26(30-24)31-25-11-19(15-27)5-6-29-25/h5-6,11-14,16-17,20H,2-4,7-10H2,1H3,(H,29,30,31). The minimum atomic E-state index is 0.129. The fourth-order valence-corrected chi connectivity index (χ4v) is 4.35. The van der Waals surface area contributed by atoms with Crippen molar-refractivity contribution in [3.63, 3.8) is 0 Å². The number of nitrogens with zero attached hydrogens (tertiary/aromatic N) is 6. The molecular formula is C26H27N7O. The third kappa shape index (κ3) is 4.99. The number of aromatic nitrogens is 3. The summed E-state index contributed by atoms with van der Waals surface area (Å²) in [7, 11) is 0. The predicted octanol–water partition coefficient (Wildman–Crippen LogP) is 4.09. The molecule has 0 radical (unpaired) electrons. The number of nitrogens with one attached hydrogen (secondary N) is 1. The highest BCUT2D eigenvalue weighted by Crippen LogP contribution is 2.42. The van der Waals surface area contributed by atoms with Crippen molar-refractivity contribution in [2.75, 3.05) is 36.4 Å². The van der Waals surface area contributed by atoms with E-state index >= 15 is 0 Å². The van der Waals surface area contributed by atoms with Crippen LogP contribution in [0.25, 0.3) is 11.3 Å². The molecule has 2 fully saturated rings. The van der Waals surface area contributed by atoms with E-state index in [1.807, 2.05) is 17.3 Å². The van der Waals surface area contributed by atoms with Gasteiger partial charge in [-0.1, -0.05) is 0 Å². The van der Waals surface area contributed by atoms with Gasteiger partial charge in [0.2, 0.25) is 5.91 Å². The van der Waals surface area contributed by atoms with Gasteiger partial charge in [0.15, 0.2) is 0 Å². The zero-order chi connectivity index (χ0) is 23.5. The number of amides is 1. The van der Waals surface area contributed by atoms with Gasteiger partial charge in [0.1, 0.15) is 11.6 Å². The largest absolute Gasteiger partial charge is 0.368 e. The van der Waals surface area contributed by atoms with Crippen LogP contribution in [0, 0.1) is 11.3 Å². The average molecular weight is 454 g/mol. The van der Waals surface area contributed by atoms with E-state index < -0.39 is 0 Å². The molecule has 1 amide bonds. The minimum Gasteiger partial charge on any atom is -0.368 e. The van der Waals surface area contributed by atoms with Gasteiger partial charge in [-0.15, -0.1) is 0 Å². The lowest BCUT2D eigenvalue weighted by molar-refractivity contribution is -0.128. The number of anilines is 3. The monoisotopic (exact) mass is 453 g/mol. The van der Waals surface area contributed by atoms with Crippen LogP contribution in [0.1, 0.15) is 43.2 Å². The van der Waals surface area contributed by atoms with Gasteiger partial charge < -0.3 is 15.1 Å². The SMILES string of the molecule is CC(=O)N1CCCN(c2cncc(-c3cc(C4CC4)cc(Nc4cc(C#N)ccn4)n3)c2)CC1. The highest BCUT2D eigenvalue weighted by atomic mass is 16.2. The highest BCUT2D eigenvalue weighted by molar-refractivity contribution is 5.73. The third-order valence-corrected chi connectivity index (χ3v) is 6.37. The molecule has 4 heterocycles. The first-order valence-corrected chi connectivity index (χ1v) is 11.7. The Balaban J connectivity index is 1.43. The van der Waals surface area contributed by atoms with Crippen LogP contribution in [0.3, 0.4) is 0 Å². The van der Waals surface area contributed by atoms with Gasteiger partial charge in [0.25, 0.3) is 0 Å². The summed E-state index contributed by atoms with van der Waals surface area (Å²) < 4.78 is 0. The molecule has 1 aliphatic carbocycles. The zero-order valence-corrected chi connectivity index (χ0v) is 19.2. The molecule has 1 aliphatic heterocycles. The molecule has 8 heteroatoms. The lowest BCUT2D eigenvalue weighted by Gasteiger charge is -2.23. The second kappa shape index (κ2) is 9.48. The molecule has 0 spiro atoms. The molecule has 0 unspecified atom stereocenters. The molecule has 34 heavy (non-hydrogen) atoms. The summed E-state index contributed by atoms with van der Waals surface area (Å²) in [6.45, 7) is 4.82. The Morgan fingerprint density at radius 2 is 1.97 bits per heavy atom. The number of carbonyl (C=O) groups is 1. The number of hydrogen-bond donors (Lipinski definition) is 1. The van der Waals surface area contributed by atoms with Gasteiger partial charge in [-0.05, 0) is 61.1 Å². The maximum absolute atomic E-state index is 11.8. The summed E-state index contributed by atoms with van der Waals surface area (Å²) in [6, 6.07) is 11.9. The summed E-state index contributed by atoms with van der Waals surface area (Å²) in [5.41, 5.74) is 4.65.